The molecule has 1 aliphatic rings. The van der Waals surface area contributed by atoms with Crippen LogP contribution in [0.15, 0.2) is 110 Å². The molecule has 6 heteroatoms. The van der Waals surface area contributed by atoms with Gasteiger partial charge in [0.25, 0.3) is 0 Å². The number of anilines is 1. The average Bonchev–Trinajstić information content (AvgIpc) is 3.44. The minimum absolute atomic E-state index is 0.0968. The van der Waals surface area contributed by atoms with E-state index in [0.29, 0.717) is 6.04 Å². The molecule has 0 saturated carbocycles. The van der Waals surface area contributed by atoms with Gasteiger partial charge in [0.2, 0.25) is 0 Å². The number of aromatic nitrogens is 3. The van der Waals surface area contributed by atoms with Crippen LogP contribution in [0, 0.1) is 0 Å². The summed E-state index contributed by atoms with van der Waals surface area (Å²) in [4.78, 5) is 14.7. The van der Waals surface area contributed by atoms with Crippen LogP contribution in [0.25, 0.3) is 11.0 Å². The van der Waals surface area contributed by atoms with E-state index in [-0.39, 0.29) is 11.6 Å². The summed E-state index contributed by atoms with van der Waals surface area (Å²) >= 11 is 0. The minimum atomic E-state index is -0.624. The molecular formula is C36H42N6. The molecule has 5 aromatic rings. The second kappa shape index (κ2) is 11.3. The van der Waals surface area contributed by atoms with Gasteiger partial charge in [-0.1, -0.05) is 91.0 Å². The van der Waals surface area contributed by atoms with Crippen molar-refractivity contribution in [1.29, 1.82) is 0 Å². The predicted molar refractivity (Wildman–Crippen MR) is 173 cm³/mol. The number of likely N-dealkylation sites (N-methyl/N-ethyl adjacent to an activating group) is 1. The van der Waals surface area contributed by atoms with Crippen molar-refractivity contribution in [2.75, 3.05) is 32.5 Å². The average molecular weight is 559 g/mol. The number of nitrogens with one attached hydrogen (secondary N) is 1. The monoisotopic (exact) mass is 558 g/mol. The van der Waals surface area contributed by atoms with Gasteiger partial charge in [0.1, 0.15) is 23.3 Å². The van der Waals surface area contributed by atoms with Crippen molar-refractivity contribution in [3.63, 3.8) is 0 Å². The van der Waals surface area contributed by atoms with Gasteiger partial charge in [0.15, 0.2) is 0 Å². The van der Waals surface area contributed by atoms with Crippen molar-refractivity contribution >= 4 is 16.9 Å². The van der Waals surface area contributed by atoms with Crippen LogP contribution in [-0.2, 0) is 5.54 Å². The molecule has 3 aromatic carbocycles. The van der Waals surface area contributed by atoms with Gasteiger partial charge in [0, 0.05) is 36.9 Å². The van der Waals surface area contributed by atoms with E-state index in [9.17, 15) is 0 Å². The molecule has 2 atom stereocenters. The summed E-state index contributed by atoms with van der Waals surface area (Å²) in [5, 5.41) is 4.89. The molecule has 216 valence electrons. The fraction of sp³-hybridized carbons (Fsp3) is 0.333. The number of rotatable bonds is 7. The maximum Gasteiger partial charge on any atom is 0.146 e. The molecule has 1 N–H and O–H groups in total. The Hall–Kier alpha value is -4.00. The number of fused-ring (bicyclic) bond motifs is 1. The van der Waals surface area contributed by atoms with Crippen molar-refractivity contribution in [2.24, 2.45) is 0 Å². The van der Waals surface area contributed by atoms with Crippen molar-refractivity contribution in [2.45, 2.75) is 50.4 Å². The van der Waals surface area contributed by atoms with Crippen LogP contribution in [0.4, 0.5) is 5.82 Å². The summed E-state index contributed by atoms with van der Waals surface area (Å²) in [7, 11) is 4.38. The lowest BCUT2D eigenvalue weighted by molar-refractivity contribution is 0.0551. The van der Waals surface area contributed by atoms with Gasteiger partial charge in [-0.25, -0.2) is 9.97 Å². The van der Waals surface area contributed by atoms with Crippen LogP contribution in [0.2, 0.25) is 0 Å². The molecule has 0 amide bonds. The van der Waals surface area contributed by atoms with E-state index in [1.165, 1.54) is 16.7 Å². The first-order chi connectivity index (χ1) is 20.3. The molecule has 1 saturated heterocycles. The number of hydrogen-bond acceptors (Lipinski definition) is 5. The summed E-state index contributed by atoms with van der Waals surface area (Å²) in [6.45, 7) is 8.96. The number of benzene rings is 3. The fourth-order valence-electron chi connectivity index (χ4n) is 6.58. The molecule has 1 aliphatic heterocycles. The second-order valence-electron chi connectivity index (χ2n) is 12.7. The number of piperidine rings is 1. The Morgan fingerprint density at radius 1 is 0.738 bits per heavy atom. The molecule has 6 rings (SSSR count). The van der Waals surface area contributed by atoms with E-state index in [1.807, 2.05) is 0 Å². The quantitative estimate of drug-likeness (QED) is 0.232. The first-order valence-corrected chi connectivity index (χ1v) is 15.0. The van der Waals surface area contributed by atoms with E-state index >= 15 is 0 Å². The van der Waals surface area contributed by atoms with Gasteiger partial charge in [-0.15, -0.1) is 0 Å². The van der Waals surface area contributed by atoms with E-state index in [2.05, 4.69) is 158 Å². The molecule has 0 bridgehead atoms. The maximum atomic E-state index is 4.93. The number of likely N-dealkylation sites (tertiary alicyclic amines) is 1. The normalized spacial score (nSPS) is 18.4. The highest BCUT2D eigenvalue weighted by Crippen LogP contribution is 2.43. The Balaban J connectivity index is 1.50. The third kappa shape index (κ3) is 5.10. The largest absolute Gasteiger partial charge is 0.365 e. The van der Waals surface area contributed by atoms with Gasteiger partial charge in [-0.3, -0.25) is 4.90 Å². The summed E-state index contributed by atoms with van der Waals surface area (Å²) in [5.41, 5.74) is 3.90. The van der Waals surface area contributed by atoms with Gasteiger partial charge in [-0.2, -0.15) is 0 Å². The van der Waals surface area contributed by atoms with E-state index in [0.717, 1.165) is 36.4 Å². The van der Waals surface area contributed by atoms with Crippen molar-refractivity contribution in [3.05, 3.63) is 126 Å². The van der Waals surface area contributed by atoms with Crippen LogP contribution in [0.3, 0.4) is 0 Å². The van der Waals surface area contributed by atoms with Crippen molar-refractivity contribution in [3.8, 4) is 0 Å². The first kappa shape index (κ1) is 28.1. The Morgan fingerprint density at radius 2 is 1.29 bits per heavy atom. The molecule has 0 aliphatic carbocycles. The zero-order valence-electron chi connectivity index (χ0n) is 25.4. The molecule has 0 unspecified atom stereocenters. The Kier molecular flexibility index (Phi) is 7.60. The molecule has 42 heavy (non-hydrogen) atoms. The van der Waals surface area contributed by atoms with E-state index in [1.54, 1.807) is 6.33 Å². The van der Waals surface area contributed by atoms with Gasteiger partial charge in [-0.05, 0) is 64.0 Å². The van der Waals surface area contributed by atoms with Gasteiger partial charge >= 0.3 is 0 Å². The van der Waals surface area contributed by atoms with E-state index in [4.69, 9.17) is 9.97 Å². The van der Waals surface area contributed by atoms with Crippen LogP contribution in [0.1, 0.15) is 43.9 Å². The Bertz CT molecular complexity index is 1510. The molecule has 6 nitrogen and oxygen atoms in total. The lowest BCUT2D eigenvalue weighted by Gasteiger charge is -2.46. The minimum Gasteiger partial charge on any atom is -0.365 e. The van der Waals surface area contributed by atoms with Crippen LogP contribution >= 0.6 is 0 Å². The Morgan fingerprint density at radius 3 is 1.79 bits per heavy atom. The molecule has 3 heterocycles. The fourth-order valence-corrected chi connectivity index (χ4v) is 6.58. The highest BCUT2D eigenvalue weighted by molar-refractivity contribution is 5.88. The summed E-state index contributed by atoms with van der Waals surface area (Å²) in [5.74, 6) is 0.889. The highest BCUT2D eigenvalue weighted by atomic mass is 15.3. The highest BCUT2D eigenvalue weighted by Gasteiger charge is 2.40. The van der Waals surface area contributed by atoms with Crippen LogP contribution in [0.5, 0.6) is 0 Å². The summed E-state index contributed by atoms with van der Waals surface area (Å²) in [6, 6.07) is 35.2. The second-order valence-corrected chi connectivity index (χ2v) is 12.7. The standard InChI is InChI=1S/C36H42N6/c1-35(2,3)41-24-30(23-31(25-41)40(4)5)39-33-32-21-22-42(34(32)38-26-37-33)36(27-15-9-6-10-16-27,28-17-11-7-12-18-28)29-19-13-8-14-20-29/h6-22,26,30-31H,23-25H2,1-5H3,(H,37,38,39)/t30-,31+/m1/s1. The lowest BCUT2D eigenvalue weighted by Crippen LogP contribution is -2.58. The van der Waals surface area contributed by atoms with Crippen LogP contribution in [-0.4, -0.2) is 69.1 Å². The molecule has 2 aromatic heterocycles. The molecular weight excluding hydrogens is 516 g/mol. The maximum absolute atomic E-state index is 4.93. The predicted octanol–water partition coefficient (Wildman–Crippen LogP) is 6.49. The number of hydrogen-bond donors (Lipinski definition) is 1. The molecule has 0 spiro atoms. The number of nitrogens with zero attached hydrogens (tertiary/aromatic N) is 5. The SMILES string of the molecule is CN(C)[C@H]1C[C@@H](Nc2ncnc3c2ccn3C(c2ccccc2)(c2ccccc2)c2ccccc2)CN(C(C)(C)C)C1. The van der Waals surface area contributed by atoms with Crippen molar-refractivity contribution in [1.82, 2.24) is 24.3 Å². The summed E-state index contributed by atoms with van der Waals surface area (Å²) in [6.07, 6.45) is 4.96. The van der Waals surface area contributed by atoms with E-state index < -0.39 is 5.54 Å². The van der Waals surface area contributed by atoms with Gasteiger partial charge < -0.3 is 14.8 Å². The topological polar surface area (TPSA) is 49.2 Å². The van der Waals surface area contributed by atoms with Gasteiger partial charge in [0.05, 0.1) is 5.39 Å². The third-order valence-electron chi connectivity index (χ3n) is 8.87. The molecule has 0 radical (unpaired) electrons. The molecule has 1 fully saturated rings. The lowest BCUT2D eigenvalue weighted by atomic mass is 9.76. The zero-order chi connectivity index (χ0) is 29.3. The zero-order valence-corrected chi connectivity index (χ0v) is 25.4. The third-order valence-corrected chi connectivity index (χ3v) is 8.87. The summed E-state index contributed by atoms with van der Waals surface area (Å²) < 4.78 is 2.33. The van der Waals surface area contributed by atoms with Crippen molar-refractivity contribution < 1.29 is 0 Å². The Labute approximate surface area is 250 Å². The smallest absolute Gasteiger partial charge is 0.146 e. The first-order valence-electron chi connectivity index (χ1n) is 15.0. The van der Waals surface area contributed by atoms with Crippen LogP contribution < -0.4 is 5.32 Å².